The number of alkyl halides is 3. The number of imidazole rings is 1. The van der Waals surface area contributed by atoms with Gasteiger partial charge in [-0.1, -0.05) is 0 Å². The van der Waals surface area contributed by atoms with Gasteiger partial charge in [-0.15, -0.1) is 0 Å². The zero-order valence-corrected chi connectivity index (χ0v) is 14.9. The molecule has 0 aliphatic heterocycles. The fourth-order valence-electron chi connectivity index (χ4n) is 2.59. The highest BCUT2D eigenvalue weighted by atomic mass is 79.9. The number of hydrogen-bond acceptors (Lipinski definition) is 2. The number of nitrogens with zero attached hydrogens (tertiary/aromatic N) is 2. The lowest BCUT2D eigenvalue weighted by atomic mass is 10.2. The van der Waals surface area contributed by atoms with Gasteiger partial charge in [0.15, 0.2) is 0 Å². The van der Waals surface area contributed by atoms with Gasteiger partial charge in [0.2, 0.25) is 0 Å². The number of amides is 1. The molecule has 0 aliphatic carbocycles. The monoisotopic (exact) mass is 411 g/mol. The van der Waals surface area contributed by atoms with Crippen molar-refractivity contribution in [3.05, 3.63) is 63.5 Å². The van der Waals surface area contributed by atoms with E-state index in [0.29, 0.717) is 17.0 Å². The second-order valence-electron chi connectivity index (χ2n) is 5.61. The Balaban J connectivity index is 1.94. The minimum atomic E-state index is -4.41. The van der Waals surface area contributed by atoms with Gasteiger partial charge in [0.05, 0.1) is 11.3 Å². The molecule has 0 atom stereocenters. The van der Waals surface area contributed by atoms with Crippen molar-refractivity contribution in [3.8, 4) is 0 Å². The summed E-state index contributed by atoms with van der Waals surface area (Å²) >= 11 is 3.38. The minimum absolute atomic E-state index is 0.277. The van der Waals surface area contributed by atoms with Crippen LogP contribution in [0.25, 0.3) is 5.65 Å². The van der Waals surface area contributed by atoms with E-state index in [1.807, 2.05) is 13.0 Å². The summed E-state index contributed by atoms with van der Waals surface area (Å²) in [5.41, 5.74) is 1.92. The van der Waals surface area contributed by atoms with E-state index in [1.165, 1.54) is 12.1 Å². The second kappa shape index (κ2) is 6.18. The Morgan fingerprint density at radius 2 is 1.84 bits per heavy atom. The van der Waals surface area contributed by atoms with Gasteiger partial charge in [-0.05, 0) is 65.7 Å². The Morgan fingerprint density at radius 1 is 1.20 bits per heavy atom. The van der Waals surface area contributed by atoms with Crippen LogP contribution in [-0.2, 0) is 6.18 Å². The first-order valence-corrected chi connectivity index (χ1v) is 8.09. The van der Waals surface area contributed by atoms with Crippen LogP contribution in [0, 0.1) is 13.8 Å². The number of halogens is 4. The van der Waals surface area contributed by atoms with Crippen molar-refractivity contribution in [1.29, 1.82) is 0 Å². The Hall–Kier alpha value is -2.35. The van der Waals surface area contributed by atoms with Crippen molar-refractivity contribution < 1.29 is 18.0 Å². The molecule has 1 amide bonds. The van der Waals surface area contributed by atoms with Crippen molar-refractivity contribution in [2.24, 2.45) is 0 Å². The predicted molar refractivity (Wildman–Crippen MR) is 91.8 cm³/mol. The highest BCUT2D eigenvalue weighted by Gasteiger charge is 2.30. The summed E-state index contributed by atoms with van der Waals surface area (Å²) in [5.74, 6) is -0.442. The molecule has 0 spiro atoms. The number of carbonyl (C=O) groups excluding carboxylic acids is 1. The maximum absolute atomic E-state index is 12.6. The van der Waals surface area contributed by atoms with Gasteiger partial charge in [-0.25, -0.2) is 4.98 Å². The molecule has 0 saturated carbocycles. The molecule has 1 N–H and O–H groups in total. The van der Waals surface area contributed by atoms with Gasteiger partial charge in [-0.3, -0.25) is 9.20 Å². The van der Waals surface area contributed by atoms with Gasteiger partial charge in [0.1, 0.15) is 11.3 Å². The fraction of sp³-hybridized carbons (Fsp3) is 0.176. The van der Waals surface area contributed by atoms with E-state index in [9.17, 15) is 18.0 Å². The molecule has 0 aliphatic rings. The molecule has 4 nitrogen and oxygen atoms in total. The fourth-order valence-corrected chi connectivity index (χ4v) is 3.14. The van der Waals surface area contributed by atoms with Gasteiger partial charge < -0.3 is 5.32 Å². The summed E-state index contributed by atoms with van der Waals surface area (Å²) in [7, 11) is 0. The van der Waals surface area contributed by atoms with E-state index in [4.69, 9.17) is 0 Å². The molecule has 2 heterocycles. The molecule has 3 rings (SSSR count). The topological polar surface area (TPSA) is 46.4 Å². The quantitative estimate of drug-likeness (QED) is 0.645. The van der Waals surface area contributed by atoms with E-state index in [0.717, 1.165) is 22.2 Å². The minimum Gasteiger partial charge on any atom is -0.321 e. The zero-order valence-electron chi connectivity index (χ0n) is 13.3. The van der Waals surface area contributed by atoms with Crippen molar-refractivity contribution in [2.45, 2.75) is 20.0 Å². The zero-order chi connectivity index (χ0) is 18.4. The number of carbonyl (C=O) groups is 1. The number of fused-ring (bicyclic) bond motifs is 1. The van der Waals surface area contributed by atoms with Gasteiger partial charge in [0, 0.05) is 16.4 Å². The van der Waals surface area contributed by atoms with E-state index in [-0.39, 0.29) is 5.69 Å². The van der Waals surface area contributed by atoms with Gasteiger partial charge >= 0.3 is 6.18 Å². The largest absolute Gasteiger partial charge is 0.416 e. The maximum Gasteiger partial charge on any atom is 0.416 e. The summed E-state index contributed by atoms with van der Waals surface area (Å²) in [6, 6.07) is 6.19. The lowest BCUT2D eigenvalue weighted by Crippen LogP contribution is -2.16. The SMILES string of the molecule is Cc1nc2c(C)cc(Br)cn2c1C(=O)Nc1ccc(C(F)(F)F)cc1. The first kappa shape index (κ1) is 17.5. The number of hydrogen-bond donors (Lipinski definition) is 1. The Bertz CT molecular complexity index is 962. The summed E-state index contributed by atoms with van der Waals surface area (Å²) < 4.78 is 40.3. The van der Waals surface area contributed by atoms with Crippen LogP contribution in [0.15, 0.2) is 41.0 Å². The maximum atomic E-state index is 12.6. The average molecular weight is 412 g/mol. The third-order valence-corrected chi connectivity index (χ3v) is 4.16. The number of pyridine rings is 1. The lowest BCUT2D eigenvalue weighted by Gasteiger charge is -2.09. The predicted octanol–water partition coefficient (Wildman–Crippen LogP) is 4.98. The van der Waals surface area contributed by atoms with E-state index in [1.54, 1.807) is 17.5 Å². The van der Waals surface area contributed by atoms with Crippen molar-refractivity contribution >= 4 is 33.2 Å². The third kappa shape index (κ3) is 3.39. The summed E-state index contributed by atoms with van der Waals surface area (Å²) in [4.78, 5) is 17.0. The summed E-state index contributed by atoms with van der Waals surface area (Å²) in [6.07, 6.45) is -2.69. The van der Waals surface area contributed by atoms with Crippen LogP contribution >= 0.6 is 15.9 Å². The molecular weight excluding hydrogens is 399 g/mol. The average Bonchev–Trinajstić information content (AvgIpc) is 2.83. The number of nitrogens with one attached hydrogen (secondary N) is 1. The Morgan fingerprint density at radius 3 is 2.44 bits per heavy atom. The second-order valence-corrected chi connectivity index (χ2v) is 6.53. The Labute approximate surface area is 149 Å². The smallest absolute Gasteiger partial charge is 0.321 e. The first-order chi connectivity index (χ1) is 11.7. The highest BCUT2D eigenvalue weighted by Crippen LogP contribution is 2.30. The van der Waals surface area contributed by atoms with Crippen LogP contribution in [0.1, 0.15) is 27.3 Å². The number of anilines is 1. The molecule has 0 radical (unpaired) electrons. The van der Waals surface area contributed by atoms with E-state index < -0.39 is 17.6 Å². The molecule has 8 heteroatoms. The first-order valence-electron chi connectivity index (χ1n) is 7.30. The van der Waals surface area contributed by atoms with Gasteiger partial charge in [0.25, 0.3) is 5.91 Å². The number of rotatable bonds is 2. The molecule has 130 valence electrons. The van der Waals surface area contributed by atoms with Crippen molar-refractivity contribution in [3.63, 3.8) is 0 Å². The molecule has 0 saturated heterocycles. The molecule has 3 aromatic rings. The summed E-state index contributed by atoms with van der Waals surface area (Å²) in [6.45, 7) is 3.59. The van der Waals surface area contributed by atoms with Crippen LogP contribution < -0.4 is 5.32 Å². The van der Waals surface area contributed by atoms with Crippen LogP contribution in [-0.4, -0.2) is 15.3 Å². The normalized spacial score (nSPS) is 11.8. The molecule has 0 unspecified atom stereocenters. The van der Waals surface area contributed by atoms with Crippen molar-refractivity contribution in [1.82, 2.24) is 9.38 Å². The van der Waals surface area contributed by atoms with Crippen LogP contribution in [0.4, 0.5) is 18.9 Å². The van der Waals surface area contributed by atoms with Gasteiger partial charge in [-0.2, -0.15) is 13.2 Å². The number of aryl methyl sites for hydroxylation is 2. The molecule has 2 aromatic heterocycles. The van der Waals surface area contributed by atoms with E-state index in [2.05, 4.69) is 26.2 Å². The van der Waals surface area contributed by atoms with Crippen LogP contribution in [0.2, 0.25) is 0 Å². The highest BCUT2D eigenvalue weighted by molar-refractivity contribution is 9.10. The summed E-state index contributed by atoms with van der Waals surface area (Å²) in [5, 5.41) is 2.61. The molecule has 0 bridgehead atoms. The molecule has 25 heavy (non-hydrogen) atoms. The van der Waals surface area contributed by atoms with E-state index >= 15 is 0 Å². The number of aromatic nitrogens is 2. The standard InChI is InChI=1S/C17H13BrF3N3O/c1-9-7-12(18)8-24-14(10(2)22-15(9)24)16(25)23-13-5-3-11(4-6-13)17(19,20)21/h3-8H,1-2H3,(H,23,25). The lowest BCUT2D eigenvalue weighted by molar-refractivity contribution is -0.137. The van der Waals surface area contributed by atoms with Crippen molar-refractivity contribution in [2.75, 3.05) is 5.32 Å². The Kier molecular flexibility index (Phi) is 4.32. The third-order valence-electron chi connectivity index (χ3n) is 3.73. The molecule has 0 fully saturated rings. The molecular formula is C17H13BrF3N3O. The van der Waals surface area contributed by atoms with Crippen LogP contribution in [0.3, 0.4) is 0 Å². The van der Waals surface area contributed by atoms with Crippen LogP contribution in [0.5, 0.6) is 0 Å². The number of benzene rings is 1. The molecule has 1 aromatic carbocycles.